The van der Waals surface area contributed by atoms with Crippen LogP contribution >= 0.6 is 27.5 Å². The van der Waals surface area contributed by atoms with E-state index >= 15 is 0 Å². The molecule has 0 N–H and O–H groups in total. The van der Waals surface area contributed by atoms with Gasteiger partial charge in [0.05, 0.1) is 12.2 Å². The lowest BCUT2D eigenvalue weighted by Crippen LogP contribution is -2.37. The van der Waals surface area contributed by atoms with E-state index in [1.165, 1.54) is 0 Å². The molecule has 3 rings (SSSR count). The summed E-state index contributed by atoms with van der Waals surface area (Å²) in [4.78, 5) is 22.9. The van der Waals surface area contributed by atoms with Crippen molar-refractivity contribution < 1.29 is 9.53 Å². The average Bonchev–Trinajstić information content (AvgIpc) is 3.15. The second kappa shape index (κ2) is 9.69. The van der Waals surface area contributed by atoms with Crippen molar-refractivity contribution in [2.24, 2.45) is 7.05 Å². The lowest BCUT2D eigenvalue weighted by Gasteiger charge is -2.24. The van der Waals surface area contributed by atoms with E-state index in [9.17, 15) is 4.79 Å². The molecule has 1 amide bonds. The van der Waals surface area contributed by atoms with E-state index in [0.717, 1.165) is 54.8 Å². The Kier molecular flexibility index (Phi) is 7.29. The quantitative estimate of drug-likeness (QED) is 0.412. The van der Waals surface area contributed by atoms with Crippen molar-refractivity contribution in [1.82, 2.24) is 24.6 Å². The van der Waals surface area contributed by atoms with Crippen LogP contribution in [-0.4, -0.2) is 49.7 Å². The molecule has 9 heteroatoms. The highest BCUT2D eigenvalue weighted by Gasteiger charge is 2.31. The Morgan fingerprint density at radius 1 is 1.32 bits per heavy atom. The van der Waals surface area contributed by atoms with Gasteiger partial charge in [-0.1, -0.05) is 18.0 Å². The SMILES string of the molecule is Cc1cc(Cl)nc(CCCCCN2C(=O)CC[C@@H]2COc2cnn(C)c2Br)n1. The minimum Gasteiger partial charge on any atom is -0.487 e. The molecule has 2 aromatic rings. The van der Waals surface area contributed by atoms with Gasteiger partial charge in [-0.15, -0.1) is 0 Å². The van der Waals surface area contributed by atoms with Gasteiger partial charge in [0, 0.05) is 32.1 Å². The van der Waals surface area contributed by atoms with Gasteiger partial charge in [0.1, 0.15) is 22.2 Å². The van der Waals surface area contributed by atoms with Crippen LogP contribution in [0.5, 0.6) is 5.75 Å². The number of carbonyl (C=O) groups excluding carboxylic acids is 1. The van der Waals surface area contributed by atoms with Crippen LogP contribution in [0.25, 0.3) is 0 Å². The van der Waals surface area contributed by atoms with Crippen molar-refractivity contribution in [2.45, 2.75) is 51.5 Å². The number of hydrogen-bond donors (Lipinski definition) is 0. The standard InChI is InChI=1S/C19H25BrClN5O2/c1-13-10-16(21)24-17(23-13)6-4-3-5-9-26-14(7-8-18(26)27)12-28-15-11-22-25(2)19(15)20/h10-11,14H,3-9,12H2,1-2H3/t14-/m1/s1. The summed E-state index contributed by atoms with van der Waals surface area (Å²) in [7, 11) is 1.85. The van der Waals surface area contributed by atoms with E-state index in [1.54, 1.807) is 16.9 Å². The maximum atomic E-state index is 12.2. The maximum absolute atomic E-state index is 12.2. The first-order valence-electron chi connectivity index (χ1n) is 9.54. The Balaban J connectivity index is 1.41. The molecule has 1 fully saturated rings. The van der Waals surface area contributed by atoms with Crippen LogP contribution in [0.15, 0.2) is 16.9 Å². The number of hydrogen-bond acceptors (Lipinski definition) is 5. The minimum atomic E-state index is 0.124. The predicted molar refractivity (Wildman–Crippen MR) is 110 cm³/mol. The first-order valence-corrected chi connectivity index (χ1v) is 10.7. The molecule has 0 saturated carbocycles. The van der Waals surface area contributed by atoms with E-state index in [0.29, 0.717) is 23.9 Å². The average molecular weight is 471 g/mol. The fourth-order valence-corrected chi connectivity index (χ4v) is 3.97. The van der Waals surface area contributed by atoms with E-state index in [4.69, 9.17) is 16.3 Å². The molecule has 2 aromatic heterocycles. The van der Waals surface area contributed by atoms with Crippen molar-refractivity contribution in [2.75, 3.05) is 13.2 Å². The lowest BCUT2D eigenvalue weighted by atomic mass is 10.1. The number of aromatic nitrogens is 4. The Hall–Kier alpha value is -1.67. The van der Waals surface area contributed by atoms with Gasteiger partial charge in [-0.05, 0) is 48.2 Å². The van der Waals surface area contributed by atoms with Gasteiger partial charge in [0.15, 0.2) is 5.75 Å². The van der Waals surface area contributed by atoms with Crippen molar-refractivity contribution in [3.8, 4) is 5.75 Å². The molecule has 0 radical (unpaired) electrons. The smallest absolute Gasteiger partial charge is 0.223 e. The third-order valence-electron chi connectivity index (χ3n) is 4.89. The molecule has 1 aliphatic heterocycles. The summed E-state index contributed by atoms with van der Waals surface area (Å²) in [6.45, 7) is 3.17. The highest BCUT2D eigenvalue weighted by molar-refractivity contribution is 9.10. The molecule has 0 aliphatic carbocycles. The van der Waals surface area contributed by atoms with Crippen LogP contribution in [0.4, 0.5) is 0 Å². The Morgan fingerprint density at radius 3 is 2.86 bits per heavy atom. The van der Waals surface area contributed by atoms with Gasteiger partial charge in [0.25, 0.3) is 0 Å². The van der Waals surface area contributed by atoms with E-state index in [-0.39, 0.29) is 11.9 Å². The Bertz CT molecular complexity index is 808. The van der Waals surface area contributed by atoms with Crippen LogP contribution in [0.3, 0.4) is 0 Å². The van der Waals surface area contributed by atoms with Crippen LogP contribution in [0.1, 0.15) is 43.6 Å². The molecule has 152 valence electrons. The molecule has 0 bridgehead atoms. The number of amides is 1. The number of nitrogens with zero attached hydrogens (tertiary/aromatic N) is 5. The number of likely N-dealkylation sites (tertiary alicyclic amines) is 1. The zero-order valence-corrected chi connectivity index (χ0v) is 18.5. The minimum absolute atomic E-state index is 0.124. The molecule has 0 aromatic carbocycles. The highest BCUT2D eigenvalue weighted by Crippen LogP contribution is 2.26. The molecule has 1 atom stereocenters. The van der Waals surface area contributed by atoms with Gasteiger partial charge >= 0.3 is 0 Å². The molecule has 0 spiro atoms. The molecule has 3 heterocycles. The second-order valence-corrected chi connectivity index (χ2v) is 8.21. The number of carbonyl (C=O) groups is 1. The van der Waals surface area contributed by atoms with Crippen LogP contribution in [0.2, 0.25) is 5.15 Å². The van der Waals surface area contributed by atoms with Crippen molar-refractivity contribution in [3.05, 3.63) is 33.5 Å². The largest absolute Gasteiger partial charge is 0.487 e. The topological polar surface area (TPSA) is 73.1 Å². The monoisotopic (exact) mass is 469 g/mol. The summed E-state index contributed by atoms with van der Waals surface area (Å²) in [5.74, 6) is 1.71. The van der Waals surface area contributed by atoms with Crippen molar-refractivity contribution in [1.29, 1.82) is 0 Å². The van der Waals surface area contributed by atoms with Crippen LogP contribution < -0.4 is 4.74 Å². The zero-order chi connectivity index (χ0) is 20.1. The van der Waals surface area contributed by atoms with E-state index in [1.807, 2.05) is 18.9 Å². The lowest BCUT2D eigenvalue weighted by molar-refractivity contribution is -0.129. The third kappa shape index (κ3) is 5.44. The predicted octanol–water partition coefficient (Wildman–Crippen LogP) is 3.72. The molecular formula is C19H25BrClN5O2. The number of aryl methyl sites for hydroxylation is 3. The number of halogens is 2. The molecule has 28 heavy (non-hydrogen) atoms. The fourth-order valence-electron chi connectivity index (χ4n) is 3.40. The number of rotatable bonds is 9. The molecule has 1 aliphatic rings. The molecule has 1 saturated heterocycles. The van der Waals surface area contributed by atoms with Crippen LogP contribution in [-0.2, 0) is 18.3 Å². The first kappa shape index (κ1) is 21.0. The summed E-state index contributed by atoms with van der Waals surface area (Å²) in [5, 5.41) is 4.64. The van der Waals surface area contributed by atoms with Crippen molar-refractivity contribution in [3.63, 3.8) is 0 Å². The van der Waals surface area contributed by atoms with Crippen molar-refractivity contribution >= 4 is 33.4 Å². The molecule has 7 nitrogen and oxygen atoms in total. The Labute approximate surface area is 178 Å². The summed E-state index contributed by atoms with van der Waals surface area (Å²) in [5.41, 5.74) is 0.890. The third-order valence-corrected chi connectivity index (χ3v) is 5.99. The van der Waals surface area contributed by atoms with Gasteiger partial charge < -0.3 is 9.64 Å². The summed E-state index contributed by atoms with van der Waals surface area (Å²) in [6, 6.07) is 1.88. The van der Waals surface area contributed by atoms with Gasteiger partial charge in [0.2, 0.25) is 5.91 Å². The first-order chi connectivity index (χ1) is 13.4. The van der Waals surface area contributed by atoms with E-state index < -0.39 is 0 Å². The maximum Gasteiger partial charge on any atom is 0.223 e. The molecule has 0 unspecified atom stereocenters. The summed E-state index contributed by atoms with van der Waals surface area (Å²) in [6.07, 6.45) is 6.87. The summed E-state index contributed by atoms with van der Waals surface area (Å²) < 4.78 is 8.39. The van der Waals surface area contributed by atoms with E-state index in [2.05, 4.69) is 31.0 Å². The zero-order valence-electron chi connectivity index (χ0n) is 16.2. The Morgan fingerprint density at radius 2 is 2.14 bits per heavy atom. The van der Waals surface area contributed by atoms with Gasteiger partial charge in [-0.2, -0.15) is 5.10 Å². The van der Waals surface area contributed by atoms with Gasteiger partial charge in [-0.25, -0.2) is 9.97 Å². The highest BCUT2D eigenvalue weighted by atomic mass is 79.9. The number of ether oxygens (including phenoxy) is 1. The normalized spacial score (nSPS) is 16.8. The number of unbranched alkanes of at least 4 members (excludes halogenated alkanes) is 2. The van der Waals surface area contributed by atoms with Crippen LogP contribution in [0, 0.1) is 6.92 Å². The second-order valence-electron chi connectivity index (χ2n) is 7.07. The fraction of sp³-hybridized carbons (Fsp3) is 0.579. The van der Waals surface area contributed by atoms with Gasteiger partial charge in [-0.3, -0.25) is 9.48 Å². The summed E-state index contributed by atoms with van der Waals surface area (Å²) >= 11 is 9.43. The molecular weight excluding hydrogens is 446 g/mol.